The van der Waals surface area contributed by atoms with Gasteiger partial charge in [0.25, 0.3) is 0 Å². The van der Waals surface area contributed by atoms with E-state index in [0.717, 1.165) is 5.92 Å². The van der Waals surface area contributed by atoms with Crippen molar-refractivity contribution in [2.24, 2.45) is 5.92 Å². The summed E-state index contributed by atoms with van der Waals surface area (Å²) in [6.07, 6.45) is 7.41. The molecule has 64 valence electrons. The van der Waals surface area contributed by atoms with E-state index in [4.69, 9.17) is 0 Å². The highest BCUT2D eigenvalue weighted by atomic mass is 14.7. The van der Waals surface area contributed by atoms with E-state index in [1.165, 1.54) is 36.9 Å². The van der Waals surface area contributed by atoms with Gasteiger partial charge in [0.05, 0.1) is 0 Å². The lowest BCUT2D eigenvalue weighted by atomic mass is 9.82. The highest BCUT2D eigenvalue weighted by Gasteiger charge is 2.17. The zero-order valence-electron chi connectivity index (χ0n) is 7.59. The molecule has 0 bridgehead atoms. The van der Waals surface area contributed by atoms with Crippen LogP contribution in [-0.4, -0.2) is 4.98 Å². The van der Waals surface area contributed by atoms with Crippen molar-refractivity contribution in [1.29, 1.82) is 0 Å². The van der Waals surface area contributed by atoms with Crippen LogP contribution < -0.4 is 0 Å². The lowest BCUT2D eigenvalue weighted by molar-refractivity contribution is 0.312. The largest absolute Gasteiger partial charge is 0.261 e. The summed E-state index contributed by atoms with van der Waals surface area (Å²) < 4.78 is 0. The number of pyridine rings is 1. The summed E-state index contributed by atoms with van der Waals surface area (Å²) in [4.78, 5) is 4.40. The Morgan fingerprint density at radius 2 is 2.25 bits per heavy atom. The summed E-state index contributed by atoms with van der Waals surface area (Å²) in [7, 11) is 0. The normalized spacial score (nSPS) is 17.4. The predicted molar refractivity (Wildman–Crippen MR) is 50.0 cm³/mol. The first kappa shape index (κ1) is 7.78. The van der Waals surface area contributed by atoms with Crippen LogP contribution in [0.1, 0.15) is 30.5 Å². The molecule has 1 aliphatic rings. The minimum atomic E-state index is 0.931. The van der Waals surface area contributed by atoms with Crippen molar-refractivity contribution >= 4 is 0 Å². The molecule has 12 heavy (non-hydrogen) atoms. The first-order valence-electron chi connectivity index (χ1n) is 4.76. The Balaban J connectivity index is 1.98. The van der Waals surface area contributed by atoms with Crippen LogP contribution in [0.25, 0.3) is 0 Å². The minimum Gasteiger partial charge on any atom is -0.261 e. The molecular weight excluding hydrogens is 146 g/mol. The molecule has 0 unspecified atom stereocenters. The van der Waals surface area contributed by atoms with E-state index in [9.17, 15) is 0 Å². The van der Waals surface area contributed by atoms with E-state index in [0.29, 0.717) is 0 Å². The molecule has 1 heteroatoms. The van der Waals surface area contributed by atoms with Gasteiger partial charge in [-0.25, -0.2) is 0 Å². The van der Waals surface area contributed by atoms with Crippen LogP contribution in [0.3, 0.4) is 0 Å². The van der Waals surface area contributed by atoms with Crippen LogP contribution in [0.15, 0.2) is 18.3 Å². The molecule has 0 aliphatic heterocycles. The molecule has 0 radical (unpaired) electrons. The third kappa shape index (κ3) is 1.66. The maximum atomic E-state index is 4.40. The van der Waals surface area contributed by atoms with Gasteiger partial charge >= 0.3 is 0 Å². The van der Waals surface area contributed by atoms with Gasteiger partial charge in [-0.15, -0.1) is 0 Å². The van der Waals surface area contributed by atoms with Gasteiger partial charge in [-0.1, -0.05) is 25.3 Å². The van der Waals surface area contributed by atoms with Crippen molar-refractivity contribution < 1.29 is 0 Å². The number of aryl methyl sites for hydroxylation is 1. The molecule has 1 aliphatic carbocycles. The predicted octanol–water partition coefficient (Wildman–Crippen LogP) is 2.73. The van der Waals surface area contributed by atoms with Gasteiger partial charge in [-0.2, -0.15) is 0 Å². The lowest BCUT2D eigenvalue weighted by Gasteiger charge is -2.24. The maximum absolute atomic E-state index is 4.40. The average molecular weight is 161 g/mol. The van der Waals surface area contributed by atoms with Crippen molar-refractivity contribution in [1.82, 2.24) is 4.98 Å². The second kappa shape index (κ2) is 3.26. The molecule has 0 amide bonds. The molecule has 0 atom stereocenters. The molecule has 1 nitrogen and oxygen atoms in total. The standard InChI is InChI=1S/C11H15N/c1-9-5-6-11(12-8-9)7-10-3-2-4-10/h5-6,8,10H,2-4,7H2,1H3. The molecule has 0 saturated heterocycles. The summed E-state index contributed by atoms with van der Waals surface area (Å²) in [6, 6.07) is 4.31. The average Bonchev–Trinajstić information content (AvgIpc) is 2.00. The number of aromatic nitrogens is 1. The monoisotopic (exact) mass is 161 g/mol. The molecule has 1 aromatic heterocycles. The van der Waals surface area contributed by atoms with Crippen LogP contribution >= 0.6 is 0 Å². The summed E-state index contributed by atoms with van der Waals surface area (Å²) >= 11 is 0. The quantitative estimate of drug-likeness (QED) is 0.650. The van der Waals surface area contributed by atoms with Gasteiger partial charge in [0.2, 0.25) is 0 Å². The SMILES string of the molecule is Cc1ccc(CC2CCC2)nc1. The van der Waals surface area contributed by atoms with E-state index < -0.39 is 0 Å². The van der Waals surface area contributed by atoms with E-state index in [1.807, 2.05) is 6.20 Å². The topological polar surface area (TPSA) is 12.9 Å². The molecule has 1 aromatic rings. The third-order valence-electron chi connectivity index (χ3n) is 2.70. The van der Waals surface area contributed by atoms with E-state index in [-0.39, 0.29) is 0 Å². The number of nitrogens with zero attached hydrogens (tertiary/aromatic N) is 1. The second-order valence-electron chi connectivity index (χ2n) is 3.83. The zero-order chi connectivity index (χ0) is 8.39. The van der Waals surface area contributed by atoms with Crippen LogP contribution in [-0.2, 0) is 6.42 Å². The number of hydrogen-bond donors (Lipinski definition) is 0. The summed E-state index contributed by atoms with van der Waals surface area (Å²) in [5, 5.41) is 0. The molecular formula is C11H15N. The number of hydrogen-bond acceptors (Lipinski definition) is 1. The van der Waals surface area contributed by atoms with Gasteiger partial charge in [-0.05, 0) is 30.9 Å². The van der Waals surface area contributed by atoms with Crippen molar-refractivity contribution in [2.75, 3.05) is 0 Å². The van der Waals surface area contributed by atoms with Gasteiger partial charge in [0.1, 0.15) is 0 Å². The fraction of sp³-hybridized carbons (Fsp3) is 0.545. The highest BCUT2D eigenvalue weighted by molar-refractivity contribution is 5.12. The number of rotatable bonds is 2. The zero-order valence-corrected chi connectivity index (χ0v) is 7.59. The highest BCUT2D eigenvalue weighted by Crippen LogP contribution is 2.29. The van der Waals surface area contributed by atoms with Crippen molar-refractivity contribution in [3.63, 3.8) is 0 Å². The molecule has 2 rings (SSSR count). The smallest absolute Gasteiger partial charge is 0.0406 e. The summed E-state index contributed by atoms with van der Waals surface area (Å²) in [6.45, 7) is 2.08. The van der Waals surface area contributed by atoms with Crippen LogP contribution in [0.2, 0.25) is 0 Å². The maximum Gasteiger partial charge on any atom is 0.0406 e. The third-order valence-corrected chi connectivity index (χ3v) is 2.70. The Kier molecular flexibility index (Phi) is 2.11. The summed E-state index contributed by atoms with van der Waals surface area (Å²) in [5.74, 6) is 0.931. The first-order valence-corrected chi connectivity index (χ1v) is 4.76. The van der Waals surface area contributed by atoms with Crippen LogP contribution in [0, 0.1) is 12.8 Å². The molecule has 0 spiro atoms. The second-order valence-corrected chi connectivity index (χ2v) is 3.83. The van der Waals surface area contributed by atoms with Crippen molar-refractivity contribution in [3.05, 3.63) is 29.6 Å². The fourth-order valence-electron chi connectivity index (χ4n) is 1.61. The van der Waals surface area contributed by atoms with Gasteiger partial charge in [-0.3, -0.25) is 4.98 Å². The van der Waals surface area contributed by atoms with Crippen molar-refractivity contribution in [3.8, 4) is 0 Å². The van der Waals surface area contributed by atoms with Crippen molar-refractivity contribution in [2.45, 2.75) is 32.6 Å². The Morgan fingerprint density at radius 1 is 1.42 bits per heavy atom. The van der Waals surface area contributed by atoms with Gasteiger partial charge < -0.3 is 0 Å². The lowest BCUT2D eigenvalue weighted by Crippen LogP contribution is -2.14. The van der Waals surface area contributed by atoms with E-state index in [1.54, 1.807) is 0 Å². The molecule has 0 aromatic carbocycles. The Labute approximate surface area is 73.8 Å². The van der Waals surface area contributed by atoms with E-state index >= 15 is 0 Å². The Morgan fingerprint density at radius 3 is 2.75 bits per heavy atom. The van der Waals surface area contributed by atoms with Gasteiger partial charge in [0, 0.05) is 11.9 Å². The first-order chi connectivity index (χ1) is 5.84. The fourth-order valence-corrected chi connectivity index (χ4v) is 1.61. The molecule has 0 N–H and O–H groups in total. The Bertz CT molecular complexity index is 246. The van der Waals surface area contributed by atoms with Crippen LogP contribution in [0.4, 0.5) is 0 Å². The van der Waals surface area contributed by atoms with E-state index in [2.05, 4.69) is 24.0 Å². The molecule has 1 fully saturated rings. The summed E-state index contributed by atoms with van der Waals surface area (Å²) in [5.41, 5.74) is 2.53. The Hall–Kier alpha value is -0.850. The minimum absolute atomic E-state index is 0.931. The van der Waals surface area contributed by atoms with Crippen LogP contribution in [0.5, 0.6) is 0 Å². The molecule has 1 saturated carbocycles. The molecule has 1 heterocycles. The van der Waals surface area contributed by atoms with Gasteiger partial charge in [0.15, 0.2) is 0 Å².